The van der Waals surface area contributed by atoms with Gasteiger partial charge in [-0.2, -0.15) is 0 Å². The van der Waals surface area contributed by atoms with Crippen LogP contribution in [0.15, 0.2) is 6.07 Å². The van der Waals surface area contributed by atoms with Gasteiger partial charge in [0.15, 0.2) is 5.69 Å². The molecule has 1 aromatic heterocycles. The van der Waals surface area contributed by atoms with Crippen LogP contribution in [0.1, 0.15) is 10.5 Å². The molecule has 0 saturated carbocycles. The molecule has 0 aliphatic carbocycles. The number of ether oxygens (including phenoxy) is 1. The minimum atomic E-state index is -0.667. The van der Waals surface area contributed by atoms with Crippen LogP contribution in [0.5, 0.6) is 0 Å². The number of pyridine rings is 1. The molecule has 2 N–H and O–H groups in total. The second kappa shape index (κ2) is 3.81. The Bertz CT molecular complexity index is 355. The molecule has 0 amide bonds. The first-order valence-electron chi connectivity index (χ1n) is 3.26. The monoisotopic (exact) mass is 220 g/mol. The minimum Gasteiger partial charge on any atom is -0.464 e. The zero-order chi connectivity index (χ0) is 10.0. The summed E-state index contributed by atoms with van der Waals surface area (Å²) in [4.78, 5) is 14.7. The Balaban J connectivity index is 3.28. The van der Waals surface area contributed by atoms with E-state index in [9.17, 15) is 4.79 Å². The summed E-state index contributed by atoms with van der Waals surface area (Å²) in [5.41, 5.74) is 5.57. The van der Waals surface area contributed by atoms with Gasteiger partial charge in [-0.15, -0.1) is 0 Å². The summed E-state index contributed by atoms with van der Waals surface area (Å²) in [6, 6.07) is 1.36. The average Bonchev–Trinajstić information content (AvgIpc) is 2.10. The molecule has 0 atom stereocenters. The van der Waals surface area contributed by atoms with E-state index in [1.165, 1.54) is 13.2 Å². The van der Waals surface area contributed by atoms with Crippen molar-refractivity contribution in [3.63, 3.8) is 0 Å². The number of rotatable bonds is 1. The third-order valence-corrected chi connectivity index (χ3v) is 1.92. The first-order chi connectivity index (χ1) is 6.06. The Morgan fingerprint density at radius 3 is 2.77 bits per heavy atom. The minimum absolute atomic E-state index is 0.0521. The molecule has 1 heterocycles. The van der Waals surface area contributed by atoms with E-state index in [-0.39, 0.29) is 21.6 Å². The zero-order valence-electron chi connectivity index (χ0n) is 6.67. The molecule has 6 heteroatoms. The molecule has 0 spiro atoms. The number of carbonyl (C=O) groups is 1. The Hall–Kier alpha value is -1.00. The van der Waals surface area contributed by atoms with Gasteiger partial charge in [0.25, 0.3) is 0 Å². The van der Waals surface area contributed by atoms with E-state index in [1.807, 2.05) is 0 Å². The van der Waals surface area contributed by atoms with Crippen LogP contribution in [0.4, 0.5) is 5.69 Å². The third-order valence-electron chi connectivity index (χ3n) is 1.33. The van der Waals surface area contributed by atoms with Crippen LogP contribution in [-0.4, -0.2) is 18.1 Å². The molecule has 0 aliphatic heterocycles. The van der Waals surface area contributed by atoms with Crippen molar-refractivity contribution in [3.8, 4) is 0 Å². The van der Waals surface area contributed by atoms with Crippen molar-refractivity contribution in [2.75, 3.05) is 12.8 Å². The van der Waals surface area contributed by atoms with Gasteiger partial charge >= 0.3 is 5.97 Å². The summed E-state index contributed by atoms with van der Waals surface area (Å²) in [5.74, 6) is -0.667. The molecule has 0 saturated heterocycles. The van der Waals surface area contributed by atoms with E-state index in [2.05, 4.69) is 9.72 Å². The maximum Gasteiger partial charge on any atom is 0.358 e. The van der Waals surface area contributed by atoms with Gasteiger partial charge in [-0.25, -0.2) is 9.78 Å². The van der Waals surface area contributed by atoms with Crippen molar-refractivity contribution in [2.45, 2.75) is 0 Å². The smallest absolute Gasteiger partial charge is 0.358 e. The molecular weight excluding hydrogens is 215 g/mol. The van der Waals surface area contributed by atoms with E-state index in [4.69, 9.17) is 28.9 Å². The lowest BCUT2D eigenvalue weighted by Gasteiger charge is -2.03. The highest BCUT2D eigenvalue weighted by molar-refractivity contribution is 6.37. The maximum absolute atomic E-state index is 11.1. The molecule has 1 rings (SSSR count). The number of hydrogen-bond donors (Lipinski definition) is 1. The van der Waals surface area contributed by atoms with Crippen LogP contribution in [0.25, 0.3) is 0 Å². The van der Waals surface area contributed by atoms with Gasteiger partial charge in [-0.05, 0) is 6.07 Å². The van der Waals surface area contributed by atoms with E-state index in [0.717, 1.165) is 0 Å². The van der Waals surface area contributed by atoms with Gasteiger partial charge in [0.1, 0.15) is 5.15 Å². The number of esters is 1. The predicted molar refractivity (Wildman–Crippen MR) is 50.0 cm³/mol. The van der Waals surface area contributed by atoms with E-state index < -0.39 is 5.97 Å². The van der Waals surface area contributed by atoms with Crippen molar-refractivity contribution >= 4 is 34.9 Å². The first-order valence-corrected chi connectivity index (χ1v) is 4.01. The SMILES string of the molecule is COC(=O)c1nc(Cl)cc(N)c1Cl. The predicted octanol–water partition coefficient (Wildman–Crippen LogP) is 1.76. The Kier molecular flexibility index (Phi) is 2.95. The van der Waals surface area contributed by atoms with Gasteiger partial charge in [0.05, 0.1) is 17.8 Å². The highest BCUT2D eigenvalue weighted by atomic mass is 35.5. The normalized spacial score (nSPS) is 9.77. The zero-order valence-corrected chi connectivity index (χ0v) is 8.19. The highest BCUT2D eigenvalue weighted by Crippen LogP contribution is 2.25. The van der Waals surface area contributed by atoms with Gasteiger partial charge in [0.2, 0.25) is 0 Å². The molecule has 0 unspecified atom stereocenters. The largest absolute Gasteiger partial charge is 0.464 e. The number of halogens is 2. The maximum atomic E-state index is 11.1. The number of anilines is 1. The standard InChI is InChI=1S/C7H6Cl2N2O2/c1-13-7(12)6-5(9)3(10)2-4(8)11-6/h2H,1H3,(H2,10,11). The van der Waals surface area contributed by atoms with Gasteiger partial charge in [0, 0.05) is 0 Å². The van der Waals surface area contributed by atoms with Crippen molar-refractivity contribution in [2.24, 2.45) is 0 Å². The molecule has 0 fully saturated rings. The van der Waals surface area contributed by atoms with Crippen LogP contribution >= 0.6 is 23.2 Å². The van der Waals surface area contributed by atoms with Gasteiger partial charge < -0.3 is 10.5 Å². The summed E-state index contributed by atoms with van der Waals surface area (Å²) >= 11 is 11.3. The number of nitrogen functional groups attached to an aromatic ring is 1. The van der Waals surface area contributed by atoms with Gasteiger partial charge in [-0.1, -0.05) is 23.2 Å². The summed E-state index contributed by atoms with van der Waals surface area (Å²) in [6.45, 7) is 0. The topological polar surface area (TPSA) is 65.2 Å². The number of methoxy groups -OCH3 is 1. The van der Waals surface area contributed by atoms with Crippen molar-refractivity contribution in [1.29, 1.82) is 0 Å². The summed E-state index contributed by atoms with van der Waals surface area (Å²) in [6.07, 6.45) is 0. The molecule has 0 aliphatic rings. The number of carbonyl (C=O) groups excluding carboxylic acids is 1. The molecule has 70 valence electrons. The molecule has 4 nitrogen and oxygen atoms in total. The molecular formula is C7H6Cl2N2O2. The van der Waals surface area contributed by atoms with Gasteiger partial charge in [-0.3, -0.25) is 0 Å². The molecule has 1 aromatic rings. The Morgan fingerprint density at radius 1 is 1.62 bits per heavy atom. The number of nitrogens with zero attached hydrogens (tertiary/aromatic N) is 1. The fraction of sp³-hybridized carbons (Fsp3) is 0.143. The average molecular weight is 221 g/mol. The van der Waals surface area contributed by atoms with Crippen LogP contribution in [0, 0.1) is 0 Å². The van der Waals surface area contributed by atoms with Crippen LogP contribution in [0.2, 0.25) is 10.2 Å². The lowest BCUT2D eigenvalue weighted by molar-refractivity contribution is 0.0594. The number of aromatic nitrogens is 1. The van der Waals surface area contributed by atoms with E-state index in [0.29, 0.717) is 0 Å². The fourth-order valence-electron chi connectivity index (χ4n) is 0.748. The summed E-state index contributed by atoms with van der Waals surface area (Å²) in [5, 5.41) is 0.151. The lowest BCUT2D eigenvalue weighted by atomic mass is 10.3. The number of hydrogen-bond acceptors (Lipinski definition) is 4. The van der Waals surface area contributed by atoms with E-state index in [1.54, 1.807) is 0 Å². The van der Waals surface area contributed by atoms with Crippen molar-refractivity contribution < 1.29 is 9.53 Å². The molecule has 0 bridgehead atoms. The van der Waals surface area contributed by atoms with Crippen molar-refractivity contribution in [3.05, 3.63) is 21.9 Å². The van der Waals surface area contributed by atoms with E-state index >= 15 is 0 Å². The molecule has 0 aromatic carbocycles. The second-order valence-electron chi connectivity index (χ2n) is 2.19. The van der Waals surface area contributed by atoms with Crippen LogP contribution < -0.4 is 5.73 Å². The fourth-order valence-corrected chi connectivity index (χ4v) is 1.12. The van der Waals surface area contributed by atoms with Crippen LogP contribution in [0.3, 0.4) is 0 Å². The van der Waals surface area contributed by atoms with Crippen molar-refractivity contribution in [1.82, 2.24) is 4.98 Å². The summed E-state index contributed by atoms with van der Waals surface area (Å²) < 4.78 is 4.43. The highest BCUT2D eigenvalue weighted by Gasteiger charge is 2.15. The van der Waals surface area contributed by atoms with Crippen LogP contribution in [-0.2, 0) is 4.74 Å². The lowest BCUT2D eigenvalue weighted by Crippen LogP contribution is -2.07. The second-order valence-corrected chi connectivity index (χ2v) is 2.95. The molecule has 0 radical (unpaired) electrons. The Morgan fingerprint density at radius 2 is 2.23 bits per heavy atom. The summed E-state index contributed by atoms with van der Waals surface area (Å²) in [7, 11) is 1.22. The first kappa shape index (κ1) is 10.1. The molecule has 13 heavy (non-hydrogen) atoms. The third kappa shape index (κ3) is 2.02. The number of nitrogens with two attached hydrogens (primary N) is 1. The Labute approximate surface area is 84.6 Å². The quantitative estimate of drug-likeness (QED) is 0.579.